The fraction of sp³-hybridized carbons (Fsp3) is 0.565. The number of hydrogen-bond acceptors (Lipinski definition) is 5. The summed E-state index contributed by atoms with van der Waals surface area (Å²) in [5.74, 6) is 0.806. The summed E-state index contributed by atoms with van der Waals surface area (Å²) >= 11 is 0. The summed E-state index contributed by atoms with van der Waals surface area (Å²) < 4.78 is 7.63. The lowest BCUT2D eigenvalue weighted by molar-refractivity contribution is -0.933. The average molecular weight is 424 g/mol. The van der Waals surface area contributed by atoms with Crippen molar-refractivity contribution >= 4 is 10.9 Å². The number of pyridine rings is 1. The molecule has 0 radical (unpaired) electrons. The van der Waals surface area contributed by atoms with Gasteiger partial charge in [0.2, 0.25) is 5.82 Å². The van der Waals surface area contributed by atoms with Crippen LogP contribution >= 0.6 is 0 Å². The smallest absolute Gasteiger partial charge is 0.258 e. The number of nitrogens with one attached hydrogen (secondary N) is 2. The first-order valence-electron chi connectivity index (χ1n) is 11.6. The first-order valence-corrected chi connectivity index (χ1v) is 11.6. The summed E-state index contributed by atoms with van der Waals surface area (Å²) in [4.78, 5) is 17.7. The highest BCUT2D eigenvalue weighted by molar-refractivity contribution is 5.79. The zero-order chi connectivity index (χ0) is 21.2. The molecule has 0 bridgehead atoms. The van der Waals surface area contributed by atoms with E-state index in [-0.39, 0.29) is 11.6 Å². The Balaban J connectivity index is 1.63. The largest absolute Gasteiger partial charge is 0.370 e. The number of aromatic amines is 1. The first-order chi connectivity index (χ1) is 15.2. The number of benzene rings is 1. The minimum atomic E-state index is -0.209. The van der Waals surface area contributed by atoms with E-state index in [4.69, 9.17) is 4.74 Å². The Kier molecular flexibility index (Phi) is 5.82. The Morgan fingerprint density at radius 3 is 2.77 bits per heavy atom. The summed E-state index contributed by atoms with van der Waals surface area (Å²) in [6.45, 7) is 5.17. The molecule has 2 N–H and O–H groups in total. The molecule has 3 aromatic rings. The Labute approximate surface area is 181 Å². The maximum Gasteiger partial charge on any atom is 0.258 e. The van der Waals surface area contributed by atoms with E-state index in [0.717, 1.165) is 54.6 Å². The number of nitrogens with zero attached hydrogens (tertiary/aromatic N) is 4. The molecule has 1 aromatic carbocycles. The second-order valence-corrected chi connectivity index (χ2v) is 8.81. The van der Waals surface area contributed by atoms with Gasteiger partial charge in [-0.25, -0.2) is 4.68 Å². The second-order valence-electron chi connectivity index (χ2n) is 8.81. The van der Waals surface area contributed by atoms with Crippen molar-refractivity contribution in [1.82, 2.24) is 25.2 Å². The quantitative estimate of drug-likeness (QED) is 0.650. The van der Waals surface area contributed by atoms with E-state index < -0.39 is 0 Å². The topological polar surface area (TPSA) is 90.1 Å². The van der Waals surface area contributed by atoms with E-state index in [2.05, 4.69) is 45.6 Å². The van der Waals surface area contributed by atoms with Crippen LogP contribution in [0.4, 0.5) is 0 Å². The average Bonchev–Trinajstić information content (AvgIpc) is 3.30. The van der Waals surface area contributed by atoms with Crippen molar-refractivity contribution in [1.29, 1.82) is 0 Å². The summed E-state index contributed by atoms with van der Waals surface area (Å²) in [6, 6.07) is 8.41. The summed E-state index contributed by atoms with van der Waals surface area (Å²) in [5.41, 5.74) is 2.81. The van der Waals surface area contributed by atoms with E-state index in [1.807, 2.05) is 10.7 Å². The molecule has 31 heavy (non-hydrogen) atoms. The molecule has 0 amide bonds. The van der Waals surface area contributed by atoms with Gasteiger partial charge in [0.25, 0.3) is 5.56 Å². The third kappa shape index (κ3) is 4.02. The number of hydrogen-bond donors (Lipinski definition) is 2. The molecule has 2 aromatic heterocycles. The van der Waals surface area contributed by atoms with Crippen LogP contribution in [0.3, 0.4) is 0 Å². The van der Waals surface area contributed by atoms with Crippen LogP contribution in [-0.4, -0.2) is 51.5 Å². The minimum Gasteiger partial charge on any atom is -0.370 e. The highest BCUT2D eigenvalue weighted by atomic mass is 16.5. The molecule has 0 spiro atoms. The molecular formula is C23H31N6O2+. The van der Waals surface area contributed by atoms with Crippen LogP contribution in [0, 0.1) is 0 Å². The summed E-state index contributed by atoms with van der Waals surface area (Å²) in [5, 5.41) is 14.0. The van der Waals surface area contributed by atoms with Crippen molar-refractivity contribution in [2.24, 2.45) is 0 Å². The predicted octanol–water partition coefficient (Wildman–Crippen LogP) is 1.59. The van der Waals surface area contributed by atoms with Crippen LogP contribution in [0.15, 0.2) is 29.1 Å². The second kappa shape index (κ2) is 8.88. The van der Waals surface area contributed by atoms with Gasteiger partial charge in [-0.3, -0.25) is 4.79 Å². The molecule has 3 heterocycles. The van der Waals surface area contributed by atoms with Crippen molar-refractivity contribution in [2.45, 2.75) is 57.5 Å². The van der Waals surface area contributed by atoms with Gasteiger partial charge in [0.05, 0.1) is 24.8 Å². The Hall–Kier alpha value is -2.58. The fourth-order valence-electron chi connectivity index (χ4n) is 5.15. The molecule has 1 atom stereocenters. The lowest BCUT2D eigenvalue weighted by atomic mass is 9.95. The Morgan fingerprint density at radius 2 is 2.00 bits per heavy atom. The number of tetrazole rings is 1. The normalized spacial score (nSPS) is 19.6. The Bertz CT molecular complexity index is 1090. The molecule has 8 nitrogen and oxygen atoms in total. The number of morpholine rings is 1. The van der Waals surface area contributed by atoms with E-state index in [1.54, 1.807) is 0 Å². The van der Waals surface area contributed by atoms with Gasteiger partial charge in [-0.15, -0.1) is 5.10 Å². The Morgan fingerprint density at radius 1 is 1.19 bits per heavy atom. The van der Waals surface area contributed by atoms with Gasteiger partial charge in [0.15, 0.2) is 6.04 Å². The van der Waals surface area contributed by atoms with Gasteiger partial charge in [0, 0.05) is 5.52 Å². The first kappa shape index (κ1) is 20.3. The van der Waals surface area contributed by atoms with Crippen LogP contribution in [-0.2, 0) is 11.2 Å². The molecule has 8 heteroatoms. The number of H-pyrrole nitrogens is 1. The molecule has 1 aliphatic carbocycles. The van der Waals surface area contributed by atoms with Gasteiger partial charge in [-0.05, 0) is 58.8 Å². The van der Waals surface area contributed by atoms with Gasteiger partial charge >= 0.3 is 0 Å². The highest BCUT2D eigenvalue weighted by Gasteiger charge is 2.36. The number of aryl methyl sites for hydroxylation is 1. The van der Waals surface area contributed by atoms with Crippen LogP contribution in [0.1, 0.15) is 68.1 Å². The van der Waals surface area contributed by atoms with Crippen molar-refractivity contribution in [3.05, 3.63) is 51.6 Å². The van der Waals surface area contributed by atoms with Crippen LogP contribution in [0.25, 0.3) is 10.9 Å². The number of rotatable bonds is 5. The van der Waals surface area contributed by atoms with E-state index in [1.165, 1.54) is 29.7 Å². The standard InChI is InChI=1S/C23H30N6O2/c1-2-16-8-9-20-17(14-16)15-19(23(30)24-20)21(28-10-12-31-13-11-28)22-25-26-27-29(22)18-6-4-3-5-7-18/h8-9,14-15,18,21H,2-7,10-13H2,1H3,(H,24,30)/p+1/t21-/m0/s1. The lowest BCUT2D eigenvalue weighted by Crippen LogP contribution is -3.14. The predicted molar refractivity (Wildman–Crippen MR) is 117 cm³/mol. The molecule has 5 rings (SSSR count). The zero-order valence-corrected chi connectivity index (χ0v) is 18.1. The molecular weight excluding hydrogens is 392 g/mol. The van der Waals surface area contributed by atoms with Crippen LogP contribution in [0.2, 0.25) is 0 Å². The van der Waals surface area contributed by atoms with Gasteiger partial charge in [0.1, 0.15) is 13.1 Å². The minimum absolute atomic E-state index is 0.0565. The third-order valence-corrected chi connectivity index (χ3v) is 6.90. The van der Waals surface area contributed by atoms with Gasteiger partial charge in [-0.1, -0.05) is 32.3 Å². The van der Waals surface area contributed by atoms with Gasteiger partial charge in [-0.2, -0.15) is 0 Å². The molecule has 2 fully saturated rings. The van der Waals surface area contributed by atoms with Crippen molar-refractivity contribution in [3.63, 3.8) is 0 Å². The summed E-state index contributed by atoms with van der Waals surface area (Å²) in [7, 11) is 0. The highest BCUT2D eigenvalue weighted by Crippen LogP contribution is 2.30. The number of ether oxygens (including phenoxy) is 1. The molecule has 1 saturated heterocycles. The van der Waals surface area contributed by atoms with E-state index >= 15 is 0 Å². The lowest BCUT2D eigenvalue weighted by Gasteiger charge is -2.32. The van der Waals surface area contributed by atoms with E-state index in [9.17, 15) is 4.79 Å². The van der Waals surface area contributed by atoms with Crippen molar-refractivity contribution in [3.8, 4) is 0 Å². The van der Waals surface area contributed by atoms with Crippen LogP contribution < -0.4 is 10.5 Å². The van der Waals surface area contributed by atoms with Crippen molar-refractivity contribution in [2.75, 3.05) is 26.3 Å². The van der Waals surface area contributed by atoms with Crippen molar-refractivity contribution < 1.29 is 9.64 Å². The molecule has 2 aliphatic rings. The van der Waals surface area contributed by atoms with Crippen LogP contribution in [0.5, 0.6) is 0 Å². The fourth-order valence-corrected chi connectivity index (χ4v) is 5.15. The number of aromatic nitrogens is 5. The monoisotopic (exact) mass is 423 g/mol. The number of quaternary nitrogens is 1. The number of fused-ring (bicyclic) bond motifs is 1. The molecule has 0 unspecified atom stereocenters. The van der Waals surface area contributed by atoms with E-state index in [0.29, 0.717) is 19.3 Å². The molecule has 1 saturated carbocycles. The molecule has 164 valence electrons. The molecule has 1 aliphatic heterocycles. The third-order valence-electron chi connectivity index (χ3n) is 6.90. The zero-order valence-electron chi connectivity index (χ0n) is 18.1. The maximum absolute atomic E-state index is 13.3. The van der Waals surface area contributed by atoms with Gasteiger partial charge < -0.3 is 14.6 Å². The maximum atomic E-state index is 13.3. The SMILES string of the molecule is CCc1ccc2[nH]c(=O)c([C@@H](c3nnnn3C3CCCCC3)[NH+]3CCOCC3)cc2c1. The summed E-state index contributed by atoms with van der Waals surface area (Å²) in [6.07, 6.45) is 6.83.